The van der Waals surface area contributed by atoms with Crippen molar-refractivity contribution in [2.75, 3.05) is 27.2 Å². The first-order valence-corrected chi connectivity index (χ1v) is 11.8. The molecule has 1 atom stereocenters. The standard InChI is InChI=1S/C24H52N.ClH/c1-6-8-10-12-14-15-16-18-20-22-25(4,5)23-24(3)21-19-17-13-11-9-7-2;/h24H,6-23H2,1-5H3;1H/q+1;/p-1. The lowest BCUT2D eigenvalue weighted by Crippen LogP contribution is -3.00. The molecule has 0 aliphatic rings. The summed E-state index contributed by atoms with van der Waals surface area (Å²) in [6.45, 7) is 9.81. The molecule has 2 heteroatoms. The number of rotatable bonds is 19. The minimum absolute atomic E-state index is 0. The number of quaternary nitrogens is 1. The van der Waals surface area contributed by atoms with E-state index in [0.29, 0.717) is 0 Å². The molecule has 0 aliphatic heterocycles. The highest BCUT2D eigenvalue weighted by molar-refractivity contribution is 4.54. The third-order valence-corrected chi connectivity index (χ3v) is 5.72. The maximum atomic E-state index is 2.47. The van der Waals surface area contributed by atoms with E-state index in [1.54, 1.807) is 0 Å². The molecule has 0 N–H and O–H groups in total. The predicted molar refractivity (Wildman–Crippen MR) is 116 cm³/mol. The van der Waals surface area contributed by atoms with Crippen molar-refractivity contribution in [3.63, 3.8) is 0 Å². The van der Waals surface area contributed by atoms with Crippen LogP contribution < -0.4 is 12.4 Å². The SMILES string of the molecule is CCCCCCCCCCC[N+](C)(C)CC(C)CCCCCCCC.[Cl-]. The Balaban J connectivity index is 0. The smallest absolute Gasteiger partial charge is 0.0808 e. The normalized spacial score (nSPS) is 12.8. The number of halogens is 1. The average Bonchev–Trinajstić information content (AvgIpc) is 2.56. The second-order valence-corrected chi connectivity index (χ2v) is 9.33. The van der Waals surface area contributed by atoms with E-state index in [1.807, 2.05) is 0 Å². The number of hydrogen-bond donors (Lipinski definition) is 0. The van der Waals surface area contributed by atoms with Crippen LogP contribution in [0.3, 0.4) is 0 Å². The van der Waals surface area contributed by atoms with Crippen LogP contribution in [0.5, 0.6) is 0 Å². The second-order valence-electron chi connectivity index (χ2n) is 9.33. The Labute approximate surface area is 173 Å². The van der Waals surface area contributed by atoms with Gasteiger partial charge in [-0.05, 0) is 19.3 Å². The Hall–Kier alpha value is 0.250. The van der Waals surface area contributed by atoms with Gasteiger partial charge in [0.05, 0.1) is 27.2 Å². The van der Waals surface area contributed by atoms with E-state index in [2.05, 4.69) is 34.9 Å². The monoisotopic (exact) mass is 389 g/mol. The summed E-state index contributed by atoms with van der Waals surface area (Å²) in [5, 5.41) is 0. The molecule has 160 valence electrons. The molecule has 1 unspecified atom stereocenters. The third kappa shape index (κ3) is 20.6. The van der Waals surface area contributed by atoms with Crippen LogP contribution in [0.4, 0.5) is 0 Å². The molecule has 0 saturated carbocycles. The van der Waals surface area contributed by atoms with Crippen molar-refractivity contribution in [1.82, 2.24) is 0 Å². The number of nitrogens with zero attached hydrogens (tertiary/aromatic N) is 1. The van der Waals surface area contributed by atoms with Crippen LogP contribution >= 0.6 is 0 Å². The lowest BCUT2D eigenvalue weighted by atomic mass is 10.0. The van der Waals surface area contributed by atoms with Crippen molar-refractivity contribution >= 4 is 0 Å². The number of hydrogen-bond acceptors (Lipinski definition) is 0. The fourth-order valence-corrected chi connectivity index (χ4v) is 4.15. The van der Waals surface area contributed by atoms with Crippen molar-refractivity contribution in [1.29, 1.82) is 0 Å². The zero-order valence-corrected chi connectivity index (χ0v) is 19.9. The van der Waals surface area contributed by atoms with Crippen LogP contribution in [0.1, 0.15) is 124 Å². The lowest BCUT2D eigenvalue weighted by Gasteiger charge is -2.32. The predicted octanol–water partition coefficient (Wildman–Crippen LogP) is 4.98. The molecule has 0 fully saturated rings. The Morgan fingerprint density at radius 2 is 0.962 bits per heavy atom. The van der Waals surface area contributed by atoms with Crippen LogP contribution in [0.25, 0.3) is 0 Å². The summed E-state index contributed by atoms with van der Waals surface area (Å²) in [4.78, 5) is 0. The molecule has 0 saturated heterocycles. The summed E-state index contributed by atoms with van der Waals surface area (Å²) in [5.74, 6) is 0.889. The number of unbranched alkanes of at least 4 members (excludes halogenated alkanes) is 13. The maximum Gasteiger partial charge on any atom is 0.0808 e. The molecule has 0 heterocycles. The minimum atomic E-state index is 0. The van der Waals surface area contributed by atoms with Crippen molar-refractivity contribution in [2.24, 2.45) is 5.92 Å². The van der Waals surface area contributed by atoms with E-state index in [9.17, 15) is 0 Å². The summed E-state index contributed by atoms with van der Waals surface area (Å²) in [6.07, 6.45) is 23.0. The summed E-state index contributed by atoms with van der Waals surface area (Å²) in [5.41, 5.74) is 0. The summed E-state index contributed by atoms with van der Waals surface area (Å²) in [7, 11) is 4.89. The molecule has 0 rings (SSSR count). The molecule has 0 spiro atoms. The van der Waals surface area contributed by atoms with Gasteiger partial charge < -0.3 is 16.9 Å². The van der Waals surface area contributed by atoms with E-state index in [0.717, 1.165) is 5.92 Å². The maximum absolute atomic E-state index is 2.47. The van der Waals surface area contributed by atoms with E-state index in [4.69, 9.17) is 0 Å². The molecular formula is C24H52ClN. The van der Waals surface area contributed by atoms with Gasteiger partial charge in [-0.1, -0.05) is 104 Å². The van der Waals surface area contributed by atoms with E-state index >= 15 is 0 Å². The fourth-order valence-electron chi connectivity index (χ4n) is 4.15. The molecule has 0 aromatic heterocycles. The summed E-state index contributed by atoms with van der Waals surface area (Å²) < 4.78 is 1.23. The van der Waals surface area contributed by atoms with Gasteiger partial charge in [0.1, 0.15) is 0 Å². The van der Waals surface area contributed by atoms with Gasteiger partial charge in [0.25, 0.3) is 0 Å². The van der Waals surface area contributed by atoms with Crippen molar-refractivity contribution in [3.8, 4) is 0 Å². The largest absolute Gasteiger partial charge is 1.00 e. The molecule has 0 radical (unpaired) electrons. The van der Waals surface area contributed by atoms with Gasteiger partial charge in [-0.3, -0.25) is 0 Å². The average molecular weight is 390 g/mol. The summed E-state index contributed by atoms with van der Waals surface area (Å²) >= 11 is 0. The minimum Gasteiger partial charge on any atom is -1.00 e. The first kappa shape index (κ1) is 28.5. The highest BCUT2D eigenvalue weighted by atomic mass is 35.5. The van der Waals surface area contributed by atoms with Crippen LogP contribution in [0, 0.1) is 5.92 Å². The Morgan fingerprint density at radius 1 is 0.577 bits per heavy atom. The summed E-state index contributed by atoms with van der Waals surface area (Å²) in [6, 6.07) is 0. The van der Waals surface area contributed by atoms with Crippen LogP contribution in [-0.4, -0.2) is 31.7 Å². The Bertz CT molecular complexity index is 265. The van der Waals surface area contributed by atoms with Gasteiger partial charge in [-0.2, -0.15) is 0 Å². The highest BCUT2D eigenvalue weighted by Crippen LogP contribution is 2.16. The Morgan fingerprint density at radius 3 is 1.42 bits per heavy atom. The van der Waals surface area contributed by atoms with Crippen molar-refractivity contribution in [3.05, 3.63) is 0 Å². The zero-order valence-electron chi connectivity index (χ0n) is 19.1. The van der Waals surface area contributed by atoms with Gasteiger partial charge in [-0.15, -0.1) is 0 Å². The fraction of sp³-hybridized carbons (Fsp3) is 1.00. The quantitative estimate of drug-likeness (QED) is 0.216. The van der Waals surface area contributed by atoms with Gasteiger partial charge in [0, 0.05) is 5.92 Å². The molecule has 1 nitrogen and oxygen atoms in total. The molecule has 0 aromatic carbocycles. The first-order valence-electron chi connectivity index (χ1n) is 11.8. The zero-order chi connectivity index (χ0) is 18.8. The van der Waals surface area contributed by atoms with Crippen LogP contribution in [-0.2, 0) is 0 Å². The first-order chi connectivity index (χ1) is 12.0. The van der Waals surface area contributed by atoms with Gasteiger partial charge in [-0.25, -0.2) is 0 Å². The van der Waals surface area contributed by atoms with Crippen LogP contribution in [0.15, 0.2) is 0 Å². The highest BCUT2D eigenvalue weighted by Gasteiger charge is 2.18. The van der Waals surface area contributed by atoms with Gasteiger partial charge >= 0.3 is 0 Å². The molecular weight excluding hydrogens is 338 g/mol. The van der Waals surface area contributed by atoms with Crippen LogP contribution in [0.2, 0.25) is 0 Å². The topological polar surface area (TPSA) is 0 Å². The van der Waals surface area contributed by atoms with E-state index in [-0.39, 0.29) is 12.4 Å². The second kappa shape index (κ2) is 20.0. The molecule has 0 bridgehead atoms. The van der Waals surface area contributed by atoms with E-state index in [1.165, 1.54) is 120 Å². The van der Waals surface area contributed by atoms with Crippen molar-refractivity contribution < 1.29 is 16.9 Å². The van der Waals surface area contributed by atoms with Gasteiger partial charge in [0.15, 0.2) is 0 Å². The van der Waals surface area contributed by atoms with Gasteiger partial charge in [0.2, 0.25) is 0 Å². The van der Waals surface area contributed by atoms with E-state index < -0.39 is 0 Å². The van der Waals surface area contributed by atoms with Crippen molar-refractivity contribution in [2.45, 2.75) is 124 Å². The lowest BCUT2D eigenvalue weighted by molar-refractivity contribution is -0.893. The molecule has 26 heavy (non-hydrogen) atoms. The molecule has 0 aliphatic carbocycles. The third-order valence-electron chi connectivity index (χ3n) is 5.72. The Kier molecular flexibility index (Phi) is 21.9. The molecule has 0 amide bonds. The molecule has 0 aromatic rings.